The van der Waals surface area contributed by atoms with Crippen LogP contribution >= 0.6 is 0 Å². The van der Waals surface area contributed by atoms with Crippen LogP contribution in [0.2, 0.25) is 0 Å². The number of hydrogen-bond donors (Lipinski definition) is 2. The highest BCUT2D eigenvalue weighted by molar-refractivity contribution is 5.99. The van der Waals surface area contributed by atoms with Gasteiger partial charge in [-0.25, -0.2) is 4.68 Å². The minimum absolute atomic E-state index is 0.331. The van der Waals surface area contributed by atoms with Gasteiger partial charge in [0.1, 0.15) is 6.33 Å². The van der Waals surface area contributed by atoms with E-state index >= 15 is 0 Å². The fourth-order valence-electron chi connectivity index (χ4n) is 3.18. The van der Waals surface area contributed by atoms with Crippen molar-refractivity contribution < 1.29 is 9.59 Å². The van der Waals surface area contributed by atoms with Gasteiger partial charge in [0.2, 0.25) is 0 Å². The summed E-state index contributed by atoms with van der Waals surface area (Å²) in [6.07, 6.45) is 5.87. The SMILES string of the molecule is O=C(NNC(=O)c1ccc2c(c1)CCCC2)c1ccc(-n2cnnn2)cc1. The van der Waals surface area contributed by atoms with Crippen LogP contribution in [0, 0.1) is 0 Å². The van der Waals surface area contributed by atoms with Crippen LogP contribution in [0.4, 0.5) is 0 Å². The van der Waals surface area contributed by atoms with Crippen molar-refractivity contribution in [3.05, 3.63) is 71.0 Å². The fourth-order valence-corrected chi connectivity index (χ4v) is 3.18. The number of rotatable bonds is 3. The van der Waals surface area contributed by atoms with Crippen LogP contribution in [-0.4, -0.2) is 32.0 Å². The number of carbonyl (C=O) groups excluding carboxylic acids is 2. The molecule has 0 unspecified atom stereocenters. The Hall–Kier alpha value is -3.55. The number of aryl methyl sites for hydroxylation is 2. The van der Waals surface area contributed by atoms with Gasteiger partial charge in [0.25, 0.3) is 11.8 Å². The smallest absolute Gasteiger partial charge is 0.267 e. The molecule has 0 bridgehead atoms. The molecule has 0 saturated heterocycles. The van der Waals surface area contributed by atoms with Crippen molar-refractivity contribution in [3.63, 3.8) is 0 Å². The first kappa shape index (κ1) is 16.9. The van der Waals surface area contributed by atoms with E-state index in [0.717, 1.165) is 24.9 Å². The number of amides is 2. The molecule has 0 saturated carbocycles. The summed E-state index contributed by atoms with van der Waals surface area (Å²) < 4.78 is 1.49. The average Bonchev–Trinajstić information content (AvgIpc) is 3.26. The first-order valence-electron chi connectivity index (χ1n) is 8.76. The number of aromatic nitrogens is 4. The van der Waals surface area contributed by atoms with Gasteiger partial charge in [0, 0.05) is 11.1 Å². The van der Waals surface area contributed by atoms with Gasteiger partial charge >= 0.3 is 0 Å². The normalized spacial score (nSPS) is 12.9. The summed E-state index contributed by atoms with van der Waals surface area (Å²) in [5.41, 5.74) is 9.14. The quantitative estimate of drug-likeness (QED) is 0.690. The molecule has 2 amide bonds. The second-order valence-corrected chi connectivity index (χ2v) is 6.40. The maximum Gasteiger partial charge on any atom is 0.269 e. The summed E-state index contributed by atoms with van der Waals surface area (Å²) in [7, 11) is 0. The third-order valence-electron chi connectivity index (χ3n) is 4.64. The standard InChI is InChI=1S/C19H18N6O2/c26-18(14-7-9-17(10-8-14)25-12-20-23-24-25)21-22-19(27)16-6-5-13-3-1-2-4-15(13)11-16/h5-12H,1-4H2,(H,21,26)(H,22,27). The third-order valence-corrected chi connectivity index (χ3v) is 4.64. The molecule has 0 radical (unpaired) electrons. The summed E-state index contributed by atoms with van der Waals surface area (Å²) in [6.45, 7) is 0. The van der Waals surface area contributed by atoms with Crippen molar-refractivity contribution in [1.82, 2.24) is 31.1 Å². The van der Waals surface area contributed by atoms with E-state index in [1.165, 1.54) is 28.6 Å². The zero-order valence-corrected chi connectivity index (χ0v) is 14.6. The summed E-state index contributed by atoms with van der Waals surface area (Å²) in [6, 6.07) is 12.4. The number of hydrogen-bond acceptors (Lipinski definition) is 5. The lowest BCUT2D eigenvalue weighted by Crippen LogP contribution is -2.41. The Morgan fingerprint density at radius 3 is 2.22 bits per heavy atom. The molecule has 4 rings (SSSR count). The van der Waals surface area contributed by atoms with E-state index in [4.69, 9.17) is 0 Å². The van der Waals surface area contributed by atoms with E-state index in [1.54, 1.807) is 30.3 Å². The van der Waals surface area contributed by atoms with Gasteiger partial charge < -0.3 is 0 Å². The molecule has 27 heavy (non-hydrogen) atoms. The number of nitrogens with one attached hydrogen (secondary N) is 2. The topological polar surface area (TPSA) is 102 Å². The molecule has 3 aromatic rings. The molecule has 8 nitrogen and oxygen atoms in total. The lowest BCUT2D eigenvalue weighted by molar-refractivity contribution is 0.0846. The number of fused-ring (bicyclic) bond motifs is 1. The predicted molar refractivity (Wildman–Crippen MR) is 97.2 cm³/mol. The molecular weight excluding hydrogens is 344 g/mol. The molecule has 2 N–H and O–H groups in total. The van der Waals surface area contributed by atoms with E-state index in [9.17, 15) is 9.59 Å². The second kappa shape index (κ2) is 7.36. The maximum atomic E-state index is 12.3. The average molecular weight is 362 g/mol. The van der Waals surface area contributed by atoms with E-state index < -0.39 is 5.91 Å². The lowest BCUT2D eigenvalue weighted by Gasteiger charge is -2.16. The predicted octanol–water partition coefficient (Wildman–Crippen LogP) is 1.62. The van der Waals surface area contributed by atoms with Crippen LogP contribution in [0.3, 0.4) is 0 Å². The highest BCUT2D eigenvalue weighted by Gasteiger charge is 2.14. The summed E-state index contributed by atoms with van der Waals surface area (Å²) in [4.78, 5) is 24.6. The molecule has 0 atom stereocenters. The molecule has 1 aliphatic carbocycles. The van der Waals surface area contributed by atoms with Gasteiger partial charge in [-0.15, -0.1) is 5.10 Å². The van der Waals surface area contributed by atoms with Gasteiger partial charge in [-0.05, 0) is 83.6 Å². The van der Waals surface area contributed by atoms with E-state index in [1.807, 2.05) is 12.1 Å². The molecule has 136 valence electrons. The van der Waals surface area contributed by atoms with Crippen molar-refractivity contribution in [1.29, 1.82) is 0 Å². The van der Waals surface area contributed by atoms with Gasteiger partial charge in [-0.1, -0.05) is 6.07 Å². The summed E-state index contributed by atoms with van der Waals surface area (Å²) >= 11 is 0. The van der Waals surface area contributed by atoms with E-state index in [-0.39, 0.29) is 5.91 Å². The first-order valence-corrected chi connectivity index (χ1v) is 8.76. The van der Waals surface area contributed by atoms with E-state index in [0.29, 0.717) is 11.1 Å². The molecular formula is C19H18N6O2. The lowest BCUT2D eigenvalue weighted by atomic mass is 9.90. The van der Waals surface area contributed by atoms with Crippen molar-refractivity contribution in [3.8, 4) is 5.69 Å². The molecule has 1 aromatic heterocycles. The summed E-state index contributed by atoms with van der Waals surface area (Å²) in [5.74, 6) is -0.730. The zero-order chi connectivity index (χ0) is 18.6. The van der Waals surface area contributed by atoms with Crippen molar-refractivity contribution >= 4 is 11.8 Å². The number of nitrogens with zero attached hydrogens (tertiary/aromatic N) is 4. The van der Waals surface area contributed by atoms with Crippen molar-refractivity contribution in [2.75, 3.05) is 0 Å². The van der Waals surface area contributed by atoms with Crippen LogP contribution in [0.15, 0.2) is 48.8 Å². The second-order valence-electron chi connectivity index (χ2n) is 6.40. The Kier molecular flexibility index (Phi) is 4.61. The van der Waals surface area contributed by atoms with Crippen LogP contribution in [0.5, 0.6) is 0 Å². The first-order chi connectivity index (χ1) is 13.2. The van der Waals surface area contributed by atoms with Gasteiger partial charge in [-0.2, -0.15) is 0 Å². The van der Waals surface area contributed by atoms with Crippen LogP contribution in [-0.2, 0) is 12.8 Å². The number of carbonyl (C=O) groups is 2. The van der Waals surface area contributed by atoms with E-state index in [2.05, 4.69) is 26.4 Å². The highest BCUT2D eigenvalue weighted by atomic mass is 16.2. The Bertz CT molecular complexity index is 966. The van der Waals surface area contributed by atoms with Crippen molar-refractivity contribution in [2.45, 2.75) is 25.7 Å². The minimum Gasteiger partial charge on any atom is -0.267 e. The minimum atomic E-state index is -0.399. The van der Waals surface area contributed by atoms with Crippen molar-refractivity contribution in [2.24, 2.45) is 0 Å². The highest BCUT2D eigenvalue weighted by Crippen LogP contribution is 2.22. The molecule has 1 heterocycles. The Morgan fingerprint density at radius 1 is 0.852 bits per heavy atom. The monoisotopic (exact) mass is 362 g/mol. The Labute approximate surface area is 155 Å². The van der Waals surface area contributed by atoms with Gasteiger partial charge in [0.15, 0.2) is 0 Å². The molecule has 0 spiro atoms. The summed E-state index contributed by atoms with van der Waals surface area (Å²) in [5, 5.41) is 10.9. The van der Waals surface area contributed by atoms with Crippen LogP contribution in [0.25, 0.3) is 5.69 Å². The largest absolute Gasteiger partial charge is 0.269 e. The maximum absolute atomic E-state index is 12.3. The Morgan fingerprint density at radius 2 is 1.52 bits per heavy atom. The molecule has 0 aliphatic heterocycles. The van der Waals surface area contributed by atoms with Crippen LogP contribution < -0.4 is 10.9 Å². The number of benzene rings is 2. The fraction of sp³-hybridized carbons (Fsp3) is 0.211. The number of hydrazine groups is 1. The van der Waals surface area contributed by atoms with Crippen LogP contribution in [0.1, 0.15) is 44.7 Å². The third kappa shape index (κ3) is 3.69. The zero-order valence-electron chi connectivity index (χ0n) is 14.6. The van der Waals surface area contributed by atoms with Gasteiger partial charge in [0.05, 0.1) is 5.69 Å². The molecule has 0 fully saturated rings. The number of tetrazole rings is 1. The molecule has 8 heteroatoms. The molecule has 2 aromatic carbocycles. The molecule has 1 aliphatic rings. The van der Waals surface area contributed by atoms with Gasteiger partial charge in [-0.3, -0.25) is 20.4 Å². The Balaban J connectivity index is 1.38.